The van der Waals surface area contributed by atoms with Crippen LogP contribution in [0.25, 0.3) is 11.5 Å². The van der Waals surface area contributed by atoms with Gasteiger partial charge in [-0.15, -0.1) is 0 Å². The van der Waals surface area contributed by atoms with Gasteiger partial charge >= 0.3 is 5.97 Å². The van der Waals surface area contributed by atoms with Crippen LogP contribution in [0.2, 0.25) is 0 Å². The third kappa shape index (κ3) is 3.72. The van der Waals surface area contributed by atoms with Gasteiger partial charge in [-0.2, -0.15) is 0 Å². The molecule has 0 spiro atoms. The number of carbonyl (C=O) groups excluding carboxylic acids is 1. The molecule has 2 aromatic rings. The summed E-state index contributed by atoms with van der Waals surface area (Å²) in [7, 11) is 0. The lowest BCUT2D eigenvalue weighted by molar-refractivity contribution is -0.139. The van der Waals surface area contributed by atoms with Crippen molar-refractivity contribution in [1.29, 1.82) is 0 Å². The largest absolute Gasteiger partial charge is 0.481 e. The van der Waals surface area contributed by atoms with E-state index in [1.54, 1.807) is 0 Å². The van der Waals surface area contributed by atoms with Crippen LogP contribution in [0.1, 0.15) is 29.8 Å². The predicted octanol–water partition coefficient (Wildman–Crippen LogP) is 2.37. The van der Waals surface area contributed by atoms with Gasteiger partial charge in [-0.25, -0.2) is 13.8 Å². The van der Waals surface area contributed by atoms with E-state index in [0.717, 1.165) is 18.4 Å². The van der Waals surface area contributed by atoms with E-state index in [2.05, 4.69) is 10.3 Å². The van der Waals surface area contributed by atoms with Gasteiger partial charge in [0, 0.05) is 13.2 Å². The van der Waals surface area contributed by atoms with Crippen molar-refractivity contribution in [2.45, 2.75) is 24.8 Å². The van der Waals surface area contributed by atoms with E-state index in [1.807, 2.05) is 0 Å². The molecule has 0 unspecified atom stereocenters. The van der Waals surface area contributed by atoms with Crippen LogP contribution in [-0.4, -0.2) is 40.7 Å². The summed E-state index contributed by atoms with van der Waals surface area (Å²) in [5.74, 6) is -3.84. The predicted molar refractivity (Wildman–Crippen MR) is 84.4 cm³/mol. The van der Waals surface area contributed by atoms with E-state index in [4.69, 9.17) is 14.3 Å². The summed E-state index contributed by atoms with van der Waals surface area (Å²) in [6.07, 6.45) is 1.37. The van der Waals surface area contributed by atoms with Crippen LogP contribution in [-0.2, 0) is 9.53 Å². The lowest BCUT2D eigenvalue weighted by Crippen LogP contribution is -2.53. The molecule has 1 aromatic carbocycles. The summed E-state index contributed by atoms with van der Waals surface area (Å²) >= 11 is 0. The Morgan fingerprint density at radius 2 is 1.88 bits per heavy atom. The van der Waals surface area contributed by atoms with E-state index in [-0.39, 0.29) is 18.0 Å². The highest BCUT2D eigenvalue weighted by Gasteiger charge is 2.37. The van der Waals surface area contributed by atoms with Crippen molar-refractivity contribution in [3.63, 3.8) is 0 Å². The van der Waals surface area contributed by atoms with Crippen LogP contribution >= 0.6 is 0 Å². The Bertz CT molecular complexity index is 810. The maximum atomic E-state index is 13.8. The molecular weight excluding hydrogens is 350 g/mol. The summed E-state index contributed by atoms with van der Waals surface area (Å²) in [5.41, 5.74) is -1.64. The van der Waals surface area contributed by atoms with Gasteiger partial charge in [0.25, 0.3) is 5.91 Å². The van der Waals surface area contributed by atoms with Crippen LogP contribution in [0, 0.1) is 11.6 Å². The van der Waals surface area contributed by atoms with E-state index < -0.39 is 34.6 Å². The first-order chi connectivity index (χ1) is 12.4. The molecule has 7 nitrogen and oxygen atoms in total. The summed E-state index contributed by atoms with van der Waals surface area (Å²) < 4.78 is 37.9. The zero-order valence-electron chi connectivity index (χ0n) is 13.6. The maximum absolute atomic E-state index is 13.8. The fraction of sp³-hybridized carbons (Fsp3) is 0.353. The van der Waals surface area contributed by atoms with Gasteiger partial charge in [-0.3, -0.25) is 9.59 Å². The number of aromatic nitrogens is 1. The van der Waals surface area contributed by atoms with Crippen LogP contribution < -0.4 is 5.32 Å². The molecule has 2 heterocycles. The molecule has 138 valence electrons. The number of nitrogens with zero attached hydrogens (tertiary/aromatic N) is 1. The number of halogens is 2. The molecule has 2 N–H and O–H groups in total. The maximum Gasteiger partial charge on any atom is 0.305 e. The third-order valence-corrected chi connectivity index (χ3v) is 4.23. The number of amides is 1. The monoisotopic (exact) mass is 366 g/mol. The first-order valence-electron chi connectivity index (χ1n) is 7.92. The summed E-state index contributed by atoms with van der Waals surface area (Å²) in [4.78, 5) is 27.4. The number of rotatable bonds is 5. The van der Waals surface area contributed by atoms with Crippen molar-refractivity contribution < 1.29 is 32.6 Å². The molecule has 1 saturated heterocycles. The van der Waals surface area contributed by atoms with E-state index in [9.17, 15) is 18.4 Å². The Hall–Kier alpha value is -2.81. The summed E-state index contributed by atoms with van der Waals surface area (Å²) in [5, 5.41) is 11.8. The fourth-order valence-corrected chi connectivity index (χ4v) is 2.90. The number of hydrogen-bond donors (Lipinski definition) is 2. The average molecular weight is 366 g/mol. The summed E-state index contributed by atoms with van der Waals surface area (Å²) in [6.45, 7) is 0.635. The number of oxazole rings is 1. The van der Waals surface area contributed by atoms with E-state index in [0.29, 0.717) is 26.1 Å². The Morgan fingerprint density at radius 1 is 1.23 bits per heavy atom. The SMILES string of the molecule is O=C(O)CC1(NC(=O)c2coc(-c3c(F)cccc3F)n2)CCOCC1. The Morgan fingerprint density at radius 3 is 2.50 bits per heavy atom. The third-order valence-electron chi connectivity index (χ3n) is 4.23. The molecule has 1 aliphatic heterocycles. The highest BCUT2D eigenvalue weighted by Crippen LogP contribution is 2.27. The number of benzene rings is 1. The van der Waals surface area contributed by atoms with Crippen molar-refractivity contribution in [3.8, 4) is 11.5 Å². The molecule has 1 amide bonds. The second-order valence-electron chi connectivity index (χ2n) is 6.05. The van der Waals surface area contributed by atoms with Gasteiger partial charge in [0.15, 0.2) is 5.69 Å². The smallest absolute Gasteiger partial charge is 0.305 e. The topological polar surface area (TPSA) is 102 Å². The Labute approximate surface area is 147 Å². The zero-order chi connectivity index (χ0) is 18.7. The average Bonchev–Trinajstić information content (AvgIpc) is 3.04. The van der Waals surface area contributed by atoms with Crippen molar-refractivity contribution in [2.24, 2.45) is 0 Å². The minimum absolute atomic E-state index is 0.195. The van der Waals surface area contributed by atoms with Crippen LogP contribution in [0.3, 0.4) is 0 Å². The van der Waals surface area contributed by atoms with Gasteiger partial charge in [0.05, 0.1) is 12.0 Å². The van der Waals surface area contributed by atoms with Gasteiger partial charge in [0.1, 0.15) is 23.5 Å². The molecule has 0 bridgehead atoms. The molecule has 0 saturated carbocycles. The lowest BCUT2D eigenvalue weighted by Gasteiger charge is -2.36. The standard InChI is InChI=1S/C17H16F2N2O5/c18-10-2-1-3-11(19)14(10)16-20-12(9-26-16)15(24)21-17(8-13(22)23)4-6-25-7-5-17/h1-3,9H,4-8H2,(H,21,24)(H,22,23). The lowest BCUT2D eigenvalue weighted by atomic mass is 9.86. The van der Waals surface area contributed by atoms with Gasteiger partial charge in [-0.1, -0.05) is 6.07 Å². The number of carboxylic acid groups (broad SMARTS) is 1. The molecule has 3 rings (SSSR count). The molecule has 26 heavy (non-hydrogen) atoms. The van der Waals surface area contributed by atoms with Crippen LogP contribution in [0.15, 0.2) is 28.9 Å². The molecule has 0 aliphatic carbocycles. The number of ether oxygens (including phenoxy) is 1. The van der Waals surface area contributed by atoms with Crippen molar-refractivity contribution in [3.05, 3.63) is 41.8 Å². The second kappa shape index (κ2) is 7.20. The van der Waals surface area contributed by atoms with Crippen LogP contribution in [0.4, 0.5) is 8.78 Å². The number of carbonyl (C=O) groups is 2. The van der Waals surface area contributed by atoms with Crippen LogP contribution in [0.5, 0.6) is 0 Å². The van der Waals surface area contributed by atoms with Crippen molar-refractivity contribution in [2.75, 3.05) is 13.2 Å². The quantitative estimate of drug-likeness (QED) is 0.842. The highest BCUT2D eigenvalue weighted by molar-refractivity contribution is 5.93. The molecule has 0 atom stereocenters. The van der Waals surface area contributed by atoms with Gasteiger partial charge in [-0.05, 0) is 25.0 Å². The van der Waals surface area contributed by atoms with E-state index in [1.165, 1.54) is 6.07 Å². The summed E-state index contributed by atoms with van der Waals surface area (Å²) in [6, 6.07) is 3.30. The minimum Gasteiger partial charge on any atom is -0.481 e. The Balaban J connectivity index is 1.82. The first kappa shape index (κ1) is 18.0. The first-order valence-corrected chi connectivity index (χ1v) is 7.92. The highest BCUT2D eigenvalue weighted by atomic mass is 19.1. The molecule has 9 heteroatoms. The normalized spacial score (nSPS) is 16.2. The van der Waals surface area contributed by atoms with Crippen molar-refractivity contribution in [1.82, 2.24) is 10.3 Å². The molecule has 1 aromatic heterocycles. The molecule has 1 fully saturated rings. The fourth-order valence-electron chi connectivity index (χ4n) is 2.90. The number of nitrogens with one attached hydrogen (secondary N) is 1. The number of aliphatic carboxylic acids is 1. The Kier molecular flexibility index (Phi) is 4.99. The second-order valence-corrected chi connectivity index (χ2v) is 6.05. The molecular formula is C17H16F2N2O5. The van der Waals surface area contributed by atoms with Gasteiger partial charge in [0.2, 0.25) is 5.89 Å². The van der Waals surface area contributed by atoms with Gasteiger partial charge < -0.3 is 19.6 Å². The van der Waals surface area contributed by atoms with Crippen molar-refractivity contribution >= 4 is 11.9 Å². The number of hydrogen-bond acceptors (Lipinski definition) is 5. The number of carboxylic acids is 1. The molecule has 0 radical (unpaired) electrons. The van der Waals surface area contributed by atoms with E-state index >= 15 is 0 Å². The molecule has 1 aliphatic rings. The minimum atomic E-state index is -1.05. The zero-order valence-corrected chi connectivity index (χ0v) is 13.6.